The molecule has 3 aromatic rings. The summed E-state index contributed by atoms with van der Waals surface area (Å²) in [7, 11) is -4.33. The number of aryl methyl sites for hydroxylation is 1. The van der Waals surface area contributed by atoms with Gasteiger partial charge >= 0.3 is 0 Å². The second-order valence-electron chi connectivity index (χ2n) is 8.84. The number of hydrogen-bond acceptors (Lipinski definition) is 4. The van der Waals surface area contributed by atoms with Crippen molar-refractivity contribution in [3.63, 3.8) is 0 Å². The number of benzene rings is 2. The maximum absolute atomic E-state index is 11.8. The number of rotatable bonds is 15. The average molecular weight is 460 g/mol. The minimum absolute atomic E-state index is 0.124. The van der Waals surface area contributed by atoms with Crippen molar-refractivity contribution >= 4 is 32.0 Å². The van der Waals surface area contributed by atoms with Crippen molar-refractivity contribution in [1.82, 2.24) is 4.98 Å². The Balaban J connectivity index is 1.41. The number of nitrogens with zero attached hydrogens (tertiary/aromatic N) is 1. The summed E-state index contributed by atoms with van der Waals surface area (Å²) in [6, 6.07) is 8.45. The van der Waals surface area contributed by atoms with E-state index in [0.29, 0.717) is 27.8 Å². The molecule has 32 heavy (non-hydrogen) atoms. The summed E-state index contributed by atoms with van der Waals surface area (Å²) in [5, 5.41) is 1.10. The largest absolute Gasteiger partial charge is 0.440 e. The van der Waals surface area contributed by atoms with Crippen LogP contribution >= 0.6 is 0 Å². The van der Waals surface area contributed by atoms with Crippen molar-refractivity contribution in [1.29, 1.82) is 0 Å². The van der Waals surface area contributed by atoms with E-state index >= 15 is 0 Å². The van der Waals surface area contributed by atoms with E-state index in [9.17, 15) is 13.0 Å². The quantitative estimate of drug-likeness (QED) is 0.185. The Kier molecular flexibility index (Phi) is 9.54. The van der Waals surface area contributed by atoms with Crippen LogP contribution in [0.4, 0.5) is 0 Å². The fourth-order valence-corrected chi connectivity index (χ4v) is 5.10. The third kappa shape index (κ3) is 7.04. The second kappa shape index (κ2) is 12.4. The van der Waals surface area contributed by atoms with Crippen LogP contribution in [0.25, 0.3) is 21.9 Å². The molecule has 0 fully saturated rings. The maximum Gasteiger partial charge on any atom is 0.295 e. The standard InChI is InChI=1S/C26H37NO4S/c1-2-3-4-5-6-7-8-9-10-11-12-13-14-19-25-27-23-20-24(32(28,29)30)21-17-15-16-18-22(21)26(23)31-25/h15-18,20H,2-14,19H2,1H3,(H,28,29,30). The average Bonchev–Trinajstić information content (AvgIpc) is 3.19. The zero-order valence-electron chi connectivity index (χ0n) is 19.3. The van der Waals surface area contributed by atoms with Gasteiger partial charge in [0.1, 0.15) is 10.4 Å². The Morgan fingerprint density at radius 3 is 1.91 bits per heavy atom. The predicted octanol–water partition coefficient (Wildman–Crippen LogP) is 7.86. The zero-order valence-corrected chi connectivity index (χ0v) is 20.1. The van der Waals surface area contributed by atoms with E-state index < -0.39 is 10.1 Å². The van der Waals surface area contributed by atoms with Crippen LogP contribution in [-0.4, -0.2) is 18.0 Å². The highest BCUT2D eigenvalue weighted by Crippen LogP contribution is 2.32. The Hall–Kier alpha value is -1.92. The van der Waals surface area contributed by atoms with Crippen molar-refractivity contribution in [2.45, 2.75) is 102 Å². The minimum atomic E-state index is -4.33. The molecule has 1 heterocycles. The van der Waals surface area contributed by atoms with Crippen LogP contribution in [-0.2, 0) is 16.5 Å². The summed E-state index contributed by atoms with van der Waals surface area (Å²) in [5.41, 5.74) is 1.05. The monoisotopic (exact) mass is 459 g/mol. The van der Waals surface area contributed by atoms with Gasteiger partial charge in [0.25, 0.3) is 10.1 Å². The second-order valence-corrected chi connectivity index (χ2v) is 10.2. The molecular weight excluding hydrogens is 422 g/mol. The van der Waals surface area contributed by atoms with Crippen LogP contribution < -0.4 is 0 Å². The summed E-state index contributed by atoms with van der Waals surface area (Å²) in [6.45, 7) is 2.26. The van der Waals surface area contributed by atoms with Crippen LogP contribution in [0, 0.1) is 0 Å². The van der Waals surface area contributed by atoms with Crippen LogP contribution in [0.1, 0.15) is 96.3 Å². The van der Waals surface area contributed by atoms with Gasteiger partial charge in [-0.25, -0.2) is 4.98 Å². The van der Waals surface area contributed by atoms with Crippen molar-refractivity contribution in [3.8, 4) is 0 Å². The molecule has 0 saturated heterocycles. The van der Waals surface area contributed by atoms with Gasteiger partial charge in [-0.15, -0.1) is 0 Å². The lowest BCUT2D eigenvalue weighted by atomic mass is 10.0. The Bertz CT molecular complexity index is 1090. The van der Waals surface area contributed by atoms with E-state index in [2.05, 4.69) is 11.9 Å². The molecule has 5 nitrogen and oxygen atoms in total. The lowest BCUT2D eigenvalue weighted by Crippen LogP contribution is -1.99. The third-order valence-corrected chi connectivity index (χ3v) is 7.07. The number of hydrogen-bond donors (Lipinski definition) is 1. The van der Waals surface area contributed by atoms with Crippen LogP contribution in [0.2, 0.25) is 0 Å². The van der Waals surface area contributed by atoms with E-state index in [-0.39, 0.29) is 4.90 Å². The highest BCUT2D eigenvalue weighted by Gasteiger charge is 2.19. The van der Waals surface area contributed by atoms with Gasteiger partial charge in [-0.05, 0) is 12.5 Å². The number of unbranched alkanes of at least 4 members (excludes halogenated alkanes) is 12. The first-order valence-electron chi connectivity index (χ1n) is 12.3. The molecule has 3 rings (SSSR count). The van der Waals surface area contributed by atoms with Gasteiger partial charge in [-0.2, -0.15) is 8.42 Å². The van der Waals surface area contributed by atoms with E-state index in [4.69, 9.17) is 4.42 Å². The van der Waals surface area contributed by atoms with Gasteiger partial charge < -0.3 is 4.42 Å². The molecular formula is C26H37NO4S. The Morgan fingerprint density at radius 1 is 0.812 bits per heavy atom. The van der Waals surface area contributed by atoms with Crippen molar-refractivity contribution in [3.05, 3.63) is 36.2 Å². The third-order valence-electron chi connectivity index (χ3n) is 6.17. The van der Waals surface area contributed by atoms with Crippen LogP contribution in [0.3, 0.4) is 0 Å². The number of aromatic nitrogens is 1. The lowest BCUT2D eigenvalue weighted by molar-refractivity contribution is 0.484. The normalized spacial score (nSPS) is 12.2. The first-order valence-corrected chi connectivity index (χ1v) is 13.7. The fourth-order valence-electron chi connectivity index (χ4n) is 4.38. The molecule has 0 aliphatic heterocycles. The van der Waals surface area contributed by atoms with Gasteiger partial charge in [0.15, 0.2) is 11.5 Å². The van der Waals surface area contributed by atoms with Crippen molar-refractivity contribution in [2.75, 3.05) is 0 Å². The molecule has 0 bridgehead atoms. The van der Waals surface area contributed by atoms with E-state index in [0.717, 1.165) is 19.3 Å². The zero-order chi connectivity index (χ0) is 22.8. The SMILES string of the molecule is CCCCCCCCCCCCCCCc1nc2cc(S(=O)(=O)O)c3ccccc3c2o1. The fraction of sp³-hybridized carbons (Fsp3) is 0.577. The first kappa shape index (κ1) is 24.7. The van der Waals surface area contributed by atoms with Gasteiger partial charge in [-0.3, -0.25) is 4.55 Å². The molecule has 1 N–H and O–H groups in total. The van der Waals surface area contributed by atoms with Crippen LogP contribution in [0.15, 0.2) is 39.6 Å². The van der Waals surface area contributed by atoms with Crippen molar-refractivity contribution in [2.24, 2.45) is 0 Å². The van der Waals surface area contributed by atoms with E-state index in [1.165, 1.54) is 76.7 Å². The smallest absolute Gasteiger partial charge is 0.295 e. The molecule has 1 aromatic heterocycles. The molecule has 0 amide bonds. The molecule has 0 aliphatic carbocycles. The first-order chi connectivity index (χ1) is 15.5. The summed E-state index contributed by atoms with van der Waals surface area (Å²) < 4.78 is 39.2. The number of fused-ring (bicyclic) bond motifs is 3. The van der Waals surface area contributed by atoms with Crippen LogP contribution in [0.5, 0.6) is 0 Å². The lowest BCUT2D eigenvalue weighted by Gasteiger charge is -2.03. The highest BCUT2D eigenvalue weighted by atomic mass is 32.2. The van der Waals surface area contributed by atoms with Gasteiger partial charge in [0, 0.05) is 17.2 Å². The minimum Gasteiger partial charge on any atom is -0.440 e. The number of oxazole rings is 1. The van der Waals surface area contributed by atoms with Gasteiger partial charge in [0.2, 0.25) is 0 Å². The maximum atomic E-state index is 11.8. The molecule has 2 aromatic carbocycles. The molecule has 0 spiro atoms. The summed E-state index contributed by atoms with van der Waals surface area (Å²) >= 11 is 0. The summed E-state index contributed by atoms with van der Waals surface area (Å²) in [4.78, 5) is 4.37. The molecule has 0 radical (unpaired) electrons. The summed E-state index contributed by atoms with van der Waals surface area (Å²) in [6.07, 6.45) is 17.7. The topological polar surface area (TPSA) is 80.4 Å². The van der Waals surface area contributed by atoms with E-state index in [1.807, 2.05) is 6.07 Å². The summed E-state index contributed by atoms with van der Waals surface area (Å²) in [5.74, 6) is 0.626. The molecule has 0 unspecified atom stereocenters. The highest BCUT2D eigenvalue weighted by molar-refractivity contribution is 7.86. The molecule has 0 aliphatic rings. The molecule has 0 saturated carbocycles. The van der Waals surface area contributed by atoms with Gasteiger partial charge in [0.05, 0.1) is 0 Å². The van der Waals surface area contributed by atoms with E-state index in [1.54, 1.807) is 18.2 Å². The Morgan fingerprint density at radius 2 is 1.34 bits per heavy atom. The molecule has 0 atom stereocenters. The Labute approximate surface area is 192 Å². The van der Waals surface area contributed by atoms with Gasteiger partial charge in [-0.1, -0.05) is 108 Å². The molecule has 6 heteroatoms. The molecule has 176 valence electrons. The van der Waals surface area contributed by atoms with Crippen molar-refractivity contribution < 1.29 is 17.4 Å². The predicted molar refractivity (Wildman–Crippen MR) is 131 cm³/mol.